The number of hydrogen-bond donors (Lipinski definition) is 3. The van der Waals surface area contributed by atoms with Gasteiger partial charge in [0.2, 0.25) is 11.9 Å². The third kappa shape index (κ3) is 1.54. The molecule has 16 heavy (non-hydrogen) atoms. The fraction of sp³-hybridized carbons (Fsp3) is 0.556. The highest BCUT2D eigenvalue weighted by Crippen LogP contribution is 2.58. The van der Waals surface area contributed by atoms with Crippen molar-refractivity contribution in [2.75, 3.05) is 5.32 Å². The molecule has 86 valence electrons. The van der Waals surface area contributed by atoms with Gasteiger partial charge in [-0.1, -0.05) is 13.8 Å². The van der Waals surface area contributed by atoms with Crippen molar-refractivity contribution in [3.05, 3.63) is 6.33 Å². The van der Waals surface area contributed by atoms with Crippen LogP contribution in [0.4, 0.5) is 5.95 Å². The van der Waals surface area contributed by atoms with E-state index >= 15 is 0 Å². The molecule has 3 N–H and O–H groups in total. The lowest BCUT2D eigenvalue weighted by molar-refractivity contribution is -0.140. The minimum absolute atomic E-state index is 0.233. The quantitative estimate of drug-likeness (QED) is 0.674. The first-order chi connectivity index (χ1) is 7.44. The summed E-state index contributed by atoms with van der Waals surface area (Å²) in [5, 5.41) is 17.5. The molecule has 1 aromatic rings. The summed E-state index contributed by atoms with van der Waals surface area (Å²) < 4.78 is 0. The molecule has 1 fully saturated rings. The molecule has 1 aliphatic rings. The molecular weight excluding hydrogens is 212 g/mol. The van der Waals surface area contributed by atoms with Crippen LogP contribution < -0.4 is 5.32 Å². The minimum atomic E-state index is -0.942. The van der Waals surface area contributed by atoms with E-state index in [0.717, 1.165) is 0 Å². The first-order valence-corrected chi connectivity index (χ1v) is 4.83. The number of carbonyl (C=O) groups excluding carboxylic acids is 1. The van der Waals surface area contributed by atoms with Gasteiger partial charge in [-0.2, -0.15) is 10.1 Å². The van der Waals surface area contributed by atoms with E-state index in [1.165, 1.54) is 6.33 Å². The smallest absolute Gasteiger partial charge is 0.307 e. The van der Waals surface area contributed by atoms with Crippen molar-refractivity contribution in [1.82, 2.24) is 15.2 Å². The fourth-order valence-electron chi connectivity index (χ4n) is 2.05. The van der Waals surface area contributed by atoms with Crippen LogP contribution in [-0.2, 0) is 9.59 Å². The van der Waals surface area contributed by atoms with Crippen LogP contribution >= 0.6 is 0 Å². The Morgan fingerprint density at radius 3 is 2.62 bits per heavy atom. The summed E-state index contributed by atoms with van der Waals surface area (Å²) in [6.45, 7) is 3.52. The van der Waals surface area contributed by atoms with Gasteiger partial charge in [0.1, 0.15) is 6.33 Å². The SMILES string of the molecule is CC1(C)C(C(=O)O)C1C(=O)Nc1ncn[nH]1. The minimum Gasteiger partial charge on any atom is -0.481 e. The van der Waals surface area contributed by atoms with Crippen molar-refractivity contribution in [2.45, 2.75) is 13.8 Å². The van der Waals surface area contributed by atoms with Crippen molar-refractivity contribution >= 4 is 17.8 Å². The highest BCUT2D eigenvalue weighted by molar-refractivity contribution is 5.98. The molecule has 2 rings (SSSR count). The lowest BCUT2D eigenvalue weighted by atomic mass is 10.1. The third-order valence-corrected chi connectivity index (χ3v) is 3.03. The Labute approximate surface area is 91.3 Å². The molecule has 0 bridgehead atoms. The Morgan fingerprint density at radius 2 is 2.19 bits per heavy atom. The van der Waals surface area contributed by atoms with Gasteiger partial charge in [0.25, 0.3) is 0 Å². The largest absolute Gasteiger partial charge is 0.481 e. The number of hydrogen-bond acceptors (Lipinski definition) is 4. The first-order valence-electron chi connectivity index (χ1n) is 4.83. The van der Waals surface area contributed by atoms with Gasteiger partial charge in [0.15, 0.2) is 0 Å². The lowest BCUT2D eigenvalue weighted by Gasteiger charge is -2.01. The van der Waals surface area contributed by atoms with Crippen LogP contribution in [0.2, 0.25) is 0 Å². The molecule has 1 amide bonds. The van der Waals surface area contributed by atoms with Gasteiger partial charge in [-0.05, 0) is 5.41 Å². The number of anilines is 1. The van der Waals surface area contributed by atoms with Gasteiger partial charge in [0.05, 0.1) is 11.8 Å². The summed E-state index contributed by atoms with van der Waals surface area (Å²) >= 11 is 0. The number of aliphatic carboxylic acids is 1. The van der Waals surface area contributed by atoms with E-state index in [9.17, 15) is 9.59 Å². The molecule has 7 heteroatoms. The molecule has 2 unspecified atom stereocenters. The molecule has 1 aromatic heterocycles. The third-order valence-electron chi connectivity index (χ3n) is 3.03. The summed E-state index contributed by atoms with van der Waals surface area (Å²) in [7, 11) is 0. The molecule has 1 saturated carbocycles. The van der Waals surface area contributed by atoms with Gasteiger partial charge in [-0.3, -0.25) is 14.9 Å². The van der Waals surface area contributed by atoms with E-state index in [1.54, 1.807) is 13.8 Å². The molecule has 0 saturated heterocycles. The predicted molar refractivity (Wildman–Crippen MR) is 53.4 cm³/mol. The van der Waals surface area contributed by atoms with Crippen LogP contribution in [0.25, 0.3) is 0 Å². The Bertz CT molecular complexity index is 426. The van der Waals surface area contributed by atoms with Gasteiger partial charge < -0.3 is 5.11 Å². The number of rotatable bonds is 3. The monoisotopic (exact) mass is 224 g/mol. The Balaban J connectivity index is 2.05. The summed E-state index contributed by atoms with van der Waals surface area (Å²) in [6, 6.07) is 0. The van der Waals surface area contributed by atoms with Gasteiger partial charge in [-0.15, -0.1) is 0 Å². The predicted octanol–water partition coefficient (Wildman–Crippen LogP) is 0.1000. The second-order valence-electron chi connectivity index (χ2n) is 4.44. The maximum atomic E-state index is 11.7. The molecule has 0 spiro atoms. The van der Waals surface area contributed by atoms with Crippen LogP contribution in [-0.4, -0.2) is 32.2 Å². The molecule has 1 aliphatic carbocycles. The number of carboxylic acids is 1. The maximum Gasteiger partial charge on any atom is 0.307 e. The highest BCUT2D eigenvalue weighted by atomic mass is 16.4. The zero-order chi connectivity index (χ0) is 11.9. The van der Waals surface area contributed by atoms with E-state index < -0.39 is 23.2 Å². The summed E-state index contributed by atoms with van der Waals surface area (Å²) in [6.07, 6.45) is 1.27. The van der Waals surface area contributed by atoms with Crippen molar-refractivity contribution in [3.8, 4) is 0 Å². The standard InChI is InChI=1S/C9H12N4O3/c1-9(2)4(5(9)7(15)16)6(14)12-8-10-3-11-13-8/h3-5H,1-2H3,(H,15,16)(H2,10,11,12,13,14). The zero-order valence-electron chi connectivity index (χ0n) is 8.89. The van der Waals surface area contributed by atoms with Gasteiger partial charge >= 0.3 is 5.97 Å². The molecular formula is C9H12N4O3. The number of aromatic nitrogens is 3. The van der Waals surface area contributed by atoms with Crippen LogP contribution in [0.3, 0.4) is 0 Å². The topological polar surface area (TPSA) is 108 Å². The average Bonchev–Trinajstić information content (AvgIpc) is 2.58. The summed E-state index contributed by atoms with van der Waals surface area (Å²) in [5.74, 6) is -2.20. The Morgan fingerprint density at radius 1 is 1.50 bits per heavy atom. The van der Waals surface area contributed by atoms with E-state index in [1.807, 2.05) is 0 Å². The summed E-state index contributed by atoms with van der Waals surface area (Å²) in [5.41, 5.74) is -0.504. The number of aromatic amines is 1. The number of carboxylic acid groups (broad SMARTS) is 1. The number of H-pyrrole nitrogens is 1. The number of amides is 1. The molecule has 0 aromatic carbocycles. The van der Waals surface area contributed by atoms with E-state index in [-0.39, 0.29) is 11.9 Å². The van der Waals surface area contributed by atoms with Crippen molar-refractivity contribution in [2.24, 2.45) is 17.3 Å². The number of nitrogens with one attached hydrogen (secondary N) is 2. The lowest BCUT2D eigenvalue weighted by Crippen LogP contribution is -2.18. The van der Waals surface area contributed by atoms with Crippen LogP contribution in [0.5, 0.6) is 0 Å². The maximum absolute atomic E-state index is 11.7. The van der Waals surface area contributed by atoms with Crippen molar-refractivity contribution < 1.29 is 14.7 Å². The molecule has 7 nitrogen and oxygen atoms in total. The second kappa shape index (κ2) is 3.29. The number of nitrogens with zero attached hydrogens (tertiary/aromatic N) is 2. The first kappa shape index (κ1) is 10.6. The van der Waals surface area contributed by atoms with Crippen LogP contribution in [0, 0.1) is 17.3 Å². The number of carbonyl (C=O) groups is 2. The normalized spacial score (nSPS) is 26.1. The van der Waals surface area contributed by atoms with E-state index in [0.29, 0.717) is 0 Å². The fourth-order valence-corrected chi connectivity index (χ4v) is 2.05. The van der Waals surface area contributed by atoms with Gasteiger partial charge in [-0.25, -0.2) is 5.10 Å². The van der Waals surface area contributed by atoms with E-state index in [2.05, 4.69) is 20.5 Å². The van der Waals surface area contributed by atoms with Crippen LogP contribution in [0.15, 0.2) is 6.33 Å². The zero-order valence-corrected chi connectivity index (χ0v) is 8.89. The van der Waals surface area contributed by atoms with E-state index in [4.69, 9.17) is 5.11 Å². The highest BCUT2D eigenvalue weighted by Gasteiger charge is 2.65. The summed E-state index contributed by atoms with van der Waals surface area (Å²) in [4.78, 5) is 26.4. The molecule has 2 atom stereocenters. The molecule has 0 radical (unpaired) electrons. The van der Waals surface area contributed by atoms with Crippen molar-refractivity contribution in [3.63, 3.8) is 0 Å². The van der Waals surface area contributed by atoms with Gasteiger partial charge in [0, 0.05) is 0 Å². The molecule has 1 heterocycles. The Hall–Kier alpha value is -1.92. The second-order valence-corrected chi connectivity index (χ2v) is 4.44. The molecule has 0 aliphatic heterocycles. The average molecular weight is 224 g/mol. The van der Waals surface area contributed by atoms with Crippen molar-refractivity contribution in [1.29, 1.82) is 0 Å². The van der Waals surface area contributed by atoms with Crippen LogP contribution in [0.1, 0.15) is 13.8 Å². The Kier molecular flexibility index (Phi) is 2.18.